The number of carbonyl (C=O) groups is 2. The normalized spacial score (nSPS) is 16.6. The molecule has 2 unspecified atom stereocenters. The Morgan fingerprint density at radius 3 is 2.74 bits per heavy atom. The molecule has 0 saturated carbocycles. The van der Waals surface area contributed by atoms with Crippen LogP contribution >= 0.6 is 0 Å². The van der Waals surface area contributed by atoms with Crippen LogP contribution in [0.25, 0.3) is 6.08 Å². The molecule has 6 heteroatoms. The van der Waals surface area contributed by atoms with Crippen LogP contribution in [0, 0.1) is 5.92 Å². The third-order valence-electron chi connectivity index (χ3n) is 4.52. The van der Waals surface area contributed by atoms with Gasteiger partial charge >= 0.3 is 5.97 Å². The van der Waals surface area contributed by atoms with Crippen molar-refractivity contribution in [2.24, 2.45) is 5.92 Å². The summed E-state index contributed by atoms with van der Waals surface area (Å²) in [4.78, 5) is 25.8. The van der Waals surface area contributed by atoms with Gasteiger partial charge in [0.15, 0.2) is 0 Å². The van der Waals surface area contributed by atoms with Gasteiger partial charge in [-0.2, -0.15) is 0 Å². The van der Waals surface area contributed by atoms with Crippen LogP contribution in [-0.4, -0.2) is 49.7 Å². The number of benzene rings is 1. The van der Waals surface area contributed by atoms with Crippen molar-refractivity contribution < 1.29 is 23.8 Å². The highest BCUT2D eigenvalue weighted by Gasteiger charge is 2.22. The Morgan fingerprint density at radius 1 is 1.37 bits per heavy atom. The highest BCUT2D eigenvalue weighted by atomic mass is 16.5. The van der Waals surface area contributed by atoms with Crippen molar-refractivity contribution >= 4 is 18.0 Å². The number of esters is 1. The van der Waals surface area contributed by atoms with Crippen molar-refractivity contribution in [2.75, 3.05) is 26.8 Å². The van der Waals surface area contributed by atoms with Crippen LogP contribution < -0.4 is 9.47 Å². The standard InChI is InChI=1S/C21H29NO5/c1-6-22(13-14(3)21(24)25-5)20(23)9-8-16-11-19-17(10-15(4)27-19)12-18(16)26-7-2/h8-9,11-12,14-15H,6-7,10,13H2,1-5H3/b9-8+. The molecule has 0 spiro atoms. The van der Waals surface area contributed by atoms with Gasteiger partial charge in [0, 0.05) is 36.7 Å². The van der Waals surface area contributed by atoms with Crippen LogP contribution in [0.15, 0.2) is 18.2 Å². The first-order valence-corrected chi connectivity index (χ1v) is 9.40. The number of fused-ring (bicyclic) bond motifs is 1. The van der Waals surface area contributed by atoms with Crippen LogP contribution in [-0.2, 0) is 20.7 Å². The third-order valence-corrected chi connectivity index (χ3v) is 4.52. The molecule has 27 heavy (non-hydrogen) atoms. The summed E-state index contributed by atoms with van der Waals surface area (Å²) in [7, 11) is 1.35. The molecular weight excluding hydrogens is 346 g/mol. The lowest BCUT2D eigenvalue weighted by Crippen LogP contribution is -2.36. The van der Waals surface area contributed by atoms with E-state index in [4.69, 9.17) is 14.2 Å². The predicted octanol–water partition coefficient (Wildman–Crippen LogP) is 3.08. The largest absolute Gasteiger partial charge is 0.493 e. The van der Waals surface area contributed by atoms with E-state index in [1.807, 2.05) is 32.9 Å². The molecule has 0 N–H and O–H groups in total. The van der Waals surface area contributed by atoms with Crippen LogP contribution in [0.5, 0.6) is 11.5 Å². The predicted molar refractivity (Wildman–Crippen MR) is 104 cm³/mol. The number of rotatable bonds is 8. The number of carbonyl (C=O) groups excluding carboxylic acids is 2. The zero-order chi connectivity index (χ0) is 20.0. The topological polar surface area (TPSA) is 65.1 Å². The fraction of sp³-hybridized carbons (Fsp3) is 0.524. The second-order valence-corrected chi connectivity index (χ2v) is 6.70. The Hall–Kier alpha value is -2.50. The minimum Gasteiger partial charge on any atom is -0.493 e. The summed E-state index contributed by atoms with van der Waals surface area (Å²) in [5, 5.41) is 0. The van der Waals surface area contributed by atoms with Crippen molar-refractivity contribution in [3.63, 3.8) is 0 Å². The molecule has 1 aromatic carbocycles. The fourth-order valence-corrected chi connectivity index (χ4v) is 3.11. The molecule has 0 radical (unpaired) electrons. The molecule has 2 atom stereocenters. The van der Waals surface area contributed by atoms with Crippen LogP contribution in [0.3, 0.4) is 0 Å². The van der Waals surface area contributed by atoms with Gasteiger partial charge < -0.3 is 19.1 Å². The van der Waals surface area contributed by atoms with E-state index in [9.17, 15) is 9.59 Å². The smallest absolute Gasteiger partial charge is 0.310 e. The summed E-state index contributed by atoms with van der Waals surface area (Å²) in [5.74, 6) is 0.717. The monoisotopic (exact) mass is 375 g/mol. The molecule has 1 aliphatic rings. The lowest BCUT2D eigenvalue weighted by molar-refractivity contribution is -0.146. The molecule has 0 saturated heterocycles. The van der Waals surface area contributed by atoms with Crippen LogP contribution in [0.4, 0.5) is 0 Å². The minimum absolute atomic E-state index is 0.144. The summed E-state index contributed by atoms with van der Waals surface area (Å²) in [6, 6.07) is 3.91. The number of amides is 1. The number of nitrogens with zero attached hydrogens (tertiary/aromatic N) is 1. The third kappa shape index (κ3) is 5.25. The second kappa shape index (κ2) is 9.44. The Kier molecular flexibility index (Phi) is 7.28. The molecular formula is C21H29NO5. The summed E-state index contributed by atoms with van der Waals surface area (Å²) >= 11 is 0. The minimum atomic E-state index is -0.374. The molecule has 1 heterocycles. The first kappa shape index (κ1) is 20.8. The van der Waals surface area contributed by atoms with E-state index in [0.717, 1.165) is 29.0 Å². The van der Waals surface area contributed by atoms with Gasteiger partial charge in [0.25, 0.3) is 0 Å². The van der Waals surface area contributed by atoms with E-state index < -0.39 is 0 Å². The number of hydrogen-bond donors (Lipinski definition) is 0. The van der Waals surface area contributed by atoms with Crippen LogP contribution in [0.2, 0.25) is 0 Å². The van der Waals surface area contributed by atoms with Gasteiger partial charge in [0.1, 0.15) is 17.6 Å². The Labute approximate surface area is 161 Å². The molecule has 0 fully saturated rings. The summed E-state index contributed by atoms with van der Waals surface area (Å²) in [6.45, 7) is 8.95. The van der Waals surface area contributed by atoms with Crippen molar-refractivity contribution in [3.05, 3.63) is 29.3 Å². The van der Waals surface area contributed by atoms with Gasteiger partial charge in [-0.25, -0.2) is 0 Å². The summed E-state index contributed by atoms with van der Waals surface area (Å²) < 4.78 is 16.3. The maximum absolute atomic E-state index is 12.6. The molecule has 1 aromatic rings. The Balaban J connectivity index is 2.16. The van der Waals surface area contributed by atoms with E-state index in [1.165, 1.54) is 13.2 Å². The van der Waals surface area contributed by atoms with E-state index in [-0.39, 0.29) is 23.9 Å². The average Bonchev–Trinajstić information content (AvgIpc) is 3.01. The highest BCUT2D eigenvalue weighted by molar-refractivity contribution is 5.92. The molecule has 148 valence electrons. The van der Waals surface area contributed by atoms with Crippen molar-refractivity contribution in [2.45, 2.75) is 40.2 Å². The Bertz CT molecular complexity index is 713. The molecule has 1 aliphatic heterocycles. The number of likely N-dealkylation sites (N-methyl/N-ethyl adjacent to an activating group) is 1. The van der Waals surface area contributed by atoms with Crippen molar-refractivity contribution in [1.29, 1.82) is 0 Å². The first-order valence-electron chi connectivity index (χ1n) is 9.40. The zero-order valence-corrected chi connectivity index (χ0v) is 16.8. The maximum Gasteiger partial charge on any atom is 0.310 e. The van der Waals surface area contributed by atoms with E-state index in [2.05, 4.69) is 0 Å². The van der Waals surface area contributed by atoms with Crippen molar-refractivity contribution in [3.8, 4) is 11.5 Å². The summed E-state index contributed by atoms with van der Waals surface area (Å²) in [5.41, 5.74) is 1.92. The molecule has 0 bridgehead atoms. The van der Waals surface area contributed by atoms with Gasteiger partial charge in [-0.3, -0.25) is 9.59 Å². The SMILES string of the molecule is CCOc1cc2c(cc1/C=C/C(=O)N(CC)CC(C)C(=O)OC)OC(C)C2. The average molecular weight is 375 g/mol. The molecule has 0 aromatic heterocycles. The lowest BCUT2D eigenvalue weighted by Gasteiger charge is -2.22. The summed E-state index contributed by atoms with van der Waals surface area (Å²) in [6.07, 6.45) is 4.25. The maximum atomic E-state index is 12.6. The molecule has 1 amide bonds. The quantitative estimate of drug-likeness (QED) is 0.516. The first-order chi connectivity index (χ1) is 12.9. The molecule has 2 rings (SSSR count). The van der Waals surface area contributed by atoms with Gasteiger partial charge in [0.2, 0.25) is 5.91 Å². The van der Waals surface area contributed by atoms with Crippen molar-refractivity contribution in [1.82, 2.24) is 4.90 Å². The Morgan fingerprint density at radius 2 is 2.11 bits per heavy atom. The second-order valence-electron chi connectivity index (χ2n) is 6.70. The number of methoxy groups -OCH3 is 1. The zero-order valence-electron chi connectivity index (χ0n) is 16.8. The fourth-order valence-electron chi connectivity index (χ4n) is 3.11. The van der Waals surface area contributed by atoms with E-state index >= 15 is 0 Å². The highest BCUT2D eigenvalue weighted by Crippen LogP contribution is 2.35. The van der Waals surface area contributed by atoms with E-state index in [1.54, 1.807) is 17.9 Å². The molecule has 0 aliphatic carbocycles. The number of ether oxygens (including phenoxy) is 3. The van der Waals surface area contributed by atoms with Crippen LogP contribution in [0.1, 0.15) is 38.8 Å². The van der Waals surface area contributed by atoms with E-state index in [0.29, 0.717) is 19.7 Å². The van der Waals surface area contributed by atoms with Gasteiger partial charge in [0.05, 0.1) is 19.6 Å². The van der Waals surface area contributed by atoms with Gasteiger partial charge in [-0.05, 0) is 39.0 Å². The molecule has 6 nitrogen and oxygen atoms in total. The number of hydrogen-bond acceptors (Lipinski definition) is 5. The van der Waals surface area contributed by atoms with Gasteiger partial charge in [-0.1, -0.05) is 6.92 Å². The van der Waals surface area contributed by atoms with Gasteiger partial charge in [-0.15, -0.1) is 0 Å². The lowest BCUT2D eigenvalue weighted by atomic mass is 10.1.